The highest BCUT2D eigenvalue weighted by atomic mass is 16.5. The van der Waals surface area contributed by atoms with Crippen molar-refractivity contribution in [3.8, 4) is 0 Å². The molecule has 1 aromatic carbocycles. The topological polar surface area (TPSA) is 75.0 Å². The van der Waals surface area contributed by atoms with Gasteiger partial charge in [0.2, 0.25) is 5.91 Å². The van der Waals surface area contributed by atoms with Gasteiger partial charge in [0.1, 0.15) is 5.76 Å². The number of rotatable bonds is 9. The lowest BCUT2D eigenvalue weighted by Crippen LogP contribution is -2.40. The first-order valence-corrected chi connectivity index (χ1v) is 11.2. The summed E-state index contributed by atoms with van der Waals surface area (Å²) in [5.41, 5.74) is 1.68. The number of hydrogen-bond donors (Lipinski definition) is 1. The Hall–Kier alpha value is -2.64. The minimum atomic E-state index is -0.0400. The van der Waals surface area contributed by atoms with E-state index in [9.17, 15) is 9.59 Å². The fourth-order valence-corrected chi connectivity index (χ4v) is 4.21. The highest BCUT2D eigenvalue weighted by molar-refractivity contribution is 5.94. The average molecular weight is 426 g/mol. The minimum absolute atomic E-state index is 0.0400. The van der Waals surface area contributed by atoms with E-state index >= 15 is 0 Å². The molecule has 0 radical (unpaired) electrons. The second-order valence-corrected chi connectivity index (χ2v) is 8.36. The van der Waals surface area contributed by atoms with Crippen molar-refractivity contribution in [2.45, 2.75) is 44.9 Å². The molecule has 2 aliphatic rings. The van der Waals surface area contributed by atoms with Crippen LogP contribution in [-0.2, 0) is 22.6 Å². The van der Waals surface area contributed by atoms with E-state index in [-0.39, 0.29) is 24.5 Å². The van der Waals surface area contributed by atoms with Crippen LogP contribution in [0.4, 0.5) is 0 Å². The summed E-state index contributed by atoms with van der Waals surface area (Å²) in [5, 5.41) is 2.99. The first-order valence-electron chi connectivity index (χ1n) is 11.2. The Morgan fingerprint density at radius 2 is 1.90 bits per heavy atom. The van der Waals surface area contributed by atoms with E-state index in [1.165, 1.54) is 0 Å². The zero-order chi connectivity index (χ0) is 21.5. The molecular weight excluding hydrogens is 394 g/mol. The van der Waals surface area contributed by atoms with E-state index in [0.717, 1.165) is 56.7 Å². The molecule has 3 heterocycles. The molecule has 1 aromatic heterocycles. The number of carbonyl (C=O) groups excluding carboxylic acids is 2. The summed E-state index contributed by atoms with van der Waals surface area (Å²) in [4.78, 5) is 29.0. The van der Waals surface area contributed by atoms with Crippen LogP contribution in [0.3, 0.4) is 0 Å². The van der Waals surface area contributed by atoms with Crippen molar-refractivity contribution in [3.05, 3.63) is 59.5 Å². The van der Waals surface area contributed by atoms with Gasteiger partial charge in [0.15, 0.2) is 0 Å². The Balaban J connectivity index is 1.27. The third-order valence-electron chi connectivity index (χ3n) is 5.90. The van der Waals surface area contributed by atoms with Gasteiger partial charge in [-0.2, -0.15) is 0 Å². The predicted octanol–water partition coefficient (Wildman–Crippen LogP) is 2.81. The van der Waals surface area contributed by atoms with Gasteiger partial charge in [0.05, 0.1) is 25.5 Å². The molecule has 4 rings (SSSR count). The summed E-state index contributed by atoms with van der Waals surface area (Å²) in [6.45, 7) is 4.49. The fraction of sp³-hybridized carbons (Fsp3) is 0.500. The van der Waals surface area contributed by atoms with Crippen LogP contribution in [-0.4, -0.2) is 60.5 Å². The number of benzene rings is 1. The fourth-order valence-electron chi connectivity index (χ4n) is 4.21. The Morgan fingerprint density at radius 1 is 1.10 bits per heavy atom. The highest BCUT2D eigenvalue weighted by Crippen LogP contribution is 2.16. The maximum Gasteiger partial charge on any atom is 0.253 e. The van der Waals surface area contributed by atoms with Crippen LogP contribution in [0.2, 0.25) is 0 Å². The smallest absolute Gasteiger partial charge is 0.253 e. The van der Waals surface area contributed by atoms with E-state index in [4.69, 9.17) is 9.15 Å². The van der Waals surface area contributed by atoms with E-state index in [1.54, 1.807) is 6.26 Å². The van der Waals surface area contributed by atoms with Crippen LogP contribution in [0.5, 0.6) is 0 Å². The molecule has 7 heteroatoms. The van der Waals surface area contributed by atoms with E-state index in [1.807, 2.05) is 41.3 Å². The van der Waals surface area contributed by atoms with Crippen molar-refractivity contribution in [1.82, 2.24) is 15.1 Å². The molecule has 0 spiro atoms. The monoisotopic (exact) mass is 425 g/mol. The lowest BCUT2D eigenvalue weighted by Gasteiger charge is -2.23. The standard InChI is InChI=1S/C24H31N3O4/c28-23(18-26(16-21-5-3-13-30-21)17-22-6-4-14-31-22)25-15-19-7-9-20(10-8-19)24(29)27-11-1-2-12-27/h3,5,7-10,13,22H,1-2,4,6,11-12,14-18H2,(H,25,28). The Labute approximate surface area is 183 Å². The van der Waals surface area contributed by atoms with Gasteiger partial charge in [-0.05, 0) is 55.5 Å². The molecule has 31 heavy (non-hydrogen) atoms. The zero-order valence-corrected chi connectivity index (χ0v) is 17.9. The van der Waals surface area contributed by atoms with Crippen LogP contribution < -0.4 is 5.32 Å². The summed E-state index contributed by atoms with van der Waals surface area (Å²) >= 11 is 0. The Morgan fingerprint density at radius 3 is 2.58 bits per heavy atom. The summed E-state index contributed by atoms with van der Waals surface area (Å²) < 4.78 is 11.2. The second kappa shape index (κ2) is 10.6. The molecule has 0 saturated carbocycles. The number of furan rings is 1. The number of likely N-dealkylation sites (tertiary alicyclic amines) is 1. The lowest BCUT2D eigenvalue weighted by molar-refractivity contribution is -0.123. The normalized spacial score (nSPS) is 18.6. The van der Waals surface area contributed by atoms with Crippen molar-refractivity contribution in [2.75, 3.05) is 32.8 Å². The number of nitrogens with one attached hydrogen (secondary N) is 1. The van der Waals surface area contributed by atoms with Crippen LogP contribution in [0.25, 0.3) is 0 Å². The highest BCUT2D eigenvalue weighted by Gasteiger charge is 2.22. The Kier molecular flexibility index (Phi) is 7.38. The van der Waals surface area contributed by atoms with Gasteiger partial charge in [-0.25, -0.2) is 0 Å². The molecule has 1 atom stereocenters. The number of carbonyl (C=O) groups is 2. The van der Waals surface area contributed by atoms with Crippen LogP contribution in [0.1, 0.15) is 47.4 Å². The van der Waals surface area contributed by atoms with Crippen molar-refractivity contribution in [2.24, 2.45) is 0 Å². The van der Waals surface area contributed by atoms with E-state index in [2.05, 4.69) is 10.2 Å². The quantitative estimate of drug-likeness (QED) is 0.669. The first kappa shape index (κ1) is 21.6. The lowest BCUT2D eigenvalue weighted by atomic mass is 10.1. The largest absolute Gasteiger partial charge is 0.468 e. The molecule has 1 unspecified atom stereocenters. The minimum Gasteiger partial charge on any atom is -0.468 e. The average Bonchev–Trinajstić information content (AvgIpc) is 3.56. The molecule has 0 bridgehead atoms. The summed E-state index contributed by atoms with van der Waals surface area (Å²) in [5.74, 6) is 0.890. The molecule has 2 aliphatic heterocycles. The third kappa shape index (κ3) is 6.18. The van der Waals surface area contributed by atoms with Crippen LogP contribution in [0, 0.1) is 0 Å². The van der Waals surface area contributed by atoms with Gasteiger partial charge in [-0.15, -0.1) is 0 Å². The maximum absolute atomic E-state index is 12.6. The molecule has 1 N–H and O–H groups in total. The van der Waals surface area contributed by atoms with Crippen LogP contribution in [0.15, 0.2) is 47.1 Å². The second-order valence-electron chi connectivity index (χ2n) is 8.36. The molecule has 166 valence electrons. The van der Waals surface area contributed by atoms with E-state index < -0.39 is 0 Å². The van der Waals surface area contributed by atoms with Crippen molar-refractivity contribution >= 4 is 11.8 Å². The number of amides is 2. The van der Waals surface area contributed by atoms with Gasteiger partial charge in [-0.3, -0.25) is 14.5 Å². The van der Waals surface area contributed by atoms with Gasteiger partial charge >= 0.3 is 0 Å². The summed E-state index contributed by atoms with van der Waals surface area (Å²) in [6.07, 6.45) is 6.08. The van der Waals surface area contributed by atoms with Crippen molar-refractivity contribution in [1.29, 1.82) is 0 Å². The molecule has 7 nitrogen and oxygen atoms in total. The van der Waals surface area contributed by atoms with Gasteiger partial charge in [-0.1, -0.05) is 12.1 Å². The zero-order valence-electron chi connectivity index (χ0n) is 17.9. The van der Waals surface area contributed by atoms with E-state index in [0.29, 0.717) is 25.2 Å². The molecule has 2 fully saturated rings. The molecule has 2 saturated heterocycles. The number of nitrogens with zero attached hydrogens (tertiary/aromatic N) is 2. The van der Waals surface area contributed by atoms with Gasteiger partial charge in [0, 0.05) is 38.3 Å². The van der Waals surface area contributed by atoms with Crippen molar-refractivity contribution < 1.29 is 18.7 Å². The molecule has 0 aliphatic carbocycles. The predicted molar refractivity (Wildman–Crippen MR) is 116 cm³/mol. The Bertz CT molecular complexity index is 838. The maximum atomic E-state index is 12.6. The first-order chi connectivity index (χ1) is 15.2. The molecule has 2 amide bonds. The number of ether oxygens (including phenoxy) is 1. The molecule has 2 aromatic rings. The summed E-state index contributed by atoms with van der Waals surface area (Å²) in [6, 6.07) is 11.3. The SMILES string of the molecule is O=C(CN(Cc1ccco1)CC1CCCO1)NCc1ccc(C(=O)N2CCCC2)cc1. The summed E-state index contributed by atoms with van der Waals surface area (Å²) in [7, 11) is 0. The van der Waals surface area contributed by atoms with Crippen molar-refractivity contribution in [3.63, 3.8) is 0 Å². The number of hydrogen-bond acceptors (Lipinski definition) is 5. The van der Waals surface area contributed by atoms with Gasteiger partial charge in [0.25, 0.3) is 5.91 Å². The van der Waals surface area contributed by atoms with Gasteiger partial charge < -0.3 is 19.4 Å². The van der Waals surface area contributed by atoms with Crippen LogP contribution >= 0.6 is 0 Å². The molecular formula is C24H31N3O4. The third-order valence-corrected chi connectivity index (χ3v) is 5.90.